The van der Waals surface area contributed by atoms with Crippen molar-refractivity contribution in [3.05, 3.63) is 48.6 Å². The van der Waals surface area contributed by atoms with Gasteiger partial charge in [-0.25, -0.2) is 0 Å². The van der Waals surface area contributed by atoms with Gasteiger partial charge in [-0.1, -0.05) is 197 Å². The van der Waals surface area contributed by atoms with Crippen molar-refractivity contribution in [2.75, 3.05) is 41.0 Å². The normalized spacial score (nSPS) is 13.3. The largest absolute Gasteiger partial charge is 0.544 e. The lowest BCUT2D eigenvalue weighted by molar-refractivity contribution is -0.889. The predicted molar refractivity (Wildman–Crippen MR) is 254 cm³/mol. The van der Waals surface area contributed by atoms with E-state index >= 15 is 0 Å². The van der Waals surface area contributed by atoms with E-state index in [2.05, 4.69) is 62.5 Å². The number of hydrogen-bond donors (Lipinski definition) is 0. The second-order valence-corrected chi connectivity index (χ2v) is 18.0. The molecule has 0 aliphatic heterocycles. The first-order chi connectivity index (χ1) is 29.6. The Bertz CT molecular complexity index is 1140. The Hall–Kier alpha value is -2.71. The summed E-state index contributed by atoms with van der Waals surface area (Å²) in [5, 5.41) is 11.7. The van der Waals surface area contributed by atoms with Crippen molar-refractivity contribution in [1.29, 1.82) is 0 Å². The molecule has 0 aliphatic rings. The van der Waals surface area contributed by atoms with Gasteiger partial charge >= 0.3 is 11.9 Å². The SMILES string of the molecule is CC/C=C\C/C=C\C/C=C\C/C=C\CCCCCCCCCCCCC(=O)OC(COCCC(C(=O)[O-])[N+](C)(C)C)COC(=O)CCCCCCCCCCCCCCCC. The van der Waals surface area contributed by atoms with Crippen LogP contribution < -0.4 is 5.11 Å². The number of carboxylic acids is 1. The summed E-state index contributed by atoms with van der Waals surface area (Å²) in [5.41, 5.74) is 0. The Balaban J connectivity index is 4.23. The predicted octanol–water partition coefficient (Wildman–Crippen LogP) is 13.0. The highest BCUT2D eigenvalue weighted by Crippen LogP contribution is 2.16. The van der Waals surface area contributed by atoms with Gasteiger partial charge in [0, 0.05) is 19.3 Å². The van der Waals surface area contributed by atoms with E-state index in [1.807, 2.05) is 0 Å². The fraction of sp³-hybridized carbons (Fsp3) is 0.792. The maximum absolute atomic E-state index is 12.8. The fourth-order valence-electron chi connectivity index (χ4n) is 7.36. The van der Waals surface area contributed by atoms with Crippen molar-refractivity contribution in [2.24, 2.45) is 0 Å². The van der Waals surface area contributed by atoms with Crippen LogP contribution in [0.3, 0.4) is 0 Å². The molecule has 0 N–H and O–H groups in total. The number of likely N-dealkylation sites (N-methyl/N-ethyl adjacent to an activating group) is 1. The number of allylic oxidation sites excluding steroid dienone is 8. The molecule has 0 saturated heterocycles. The van der Waals surface area contributed by atoms with E-state index in [0.717, 1.165) is 64.2 Å². The Kier molecular flexibility index (Phi) is 42.0. The molecule has 0 saturated carbocycles. The maximum Gasteiger partial charge on any atom is 0.306 e. The maximum atomic E-state index is 12.8. The van der Waals surface area contributed by atoms with Crippen LogP contribution in [0, 0.1) is 0 Å². The Morgan fingerprint density at radius 3 is 1.36 bits per heavy atom. The minimum absolute atomic E-state index is 0.0409. The number of hydrogen-bond acceptors (Lipinski definition) is 7. The zero-order chi connectivity index (χ0) is 44.9. The van der Waals surface area contributed by atoms with Gasteiger partial charge in [-0.2, -0.15) is 0 Å². The average molecular weight is 858 g/mol. The number of rotatable bonds is 45. The molecule has 8 heteroatoms. The lowest BCUT2D eigenvalue weighted by Crippen LogP contribution is -2.55. The molecule has 8 nitrogen and oxygen atoms in total. The van der Waals surface area contributed by atoms with Gasteiger partial charge in [-0.05, 0) is 51.4 Å². The molecule has 0 rings (SSSR count). The number of nitrogens with zero attached hydrogens (tertiary/aromatic N) is 1. The summed E-state index contributed by atoms with van der Waals surface area (Å²) in [5.74, 6) is -1.73. The van der Waals surface area contributed by atoms with Crippen LogP contribution in [-0.2, 0) is 28.6 Å². The van der Waals surface area contributed by atoms with Crippen LogP contribution in [0.15, 0.2) is 48.6 Å². The second-order valence-electron chi connectivity index (χ2n) is 18.0. The topological polar surface area (TPSA) is 102 Å². The van der Waals surface area contributed by atoms with Gasteiger partial charge in [0.2, 0.25) is 0 Å². The van der Waals surface area contributed by atoms with Crippen molar-refractivity contribution in [3.8, 4) is 0 Å². The minimum Gasteiger partial charge on any atom is -0.544 e. The van der Waals surface area contributed by atoms with Crippen molar-refractivity contribution >= 4 is 17.9 Å². The number of unbranched alkanes of at least 4 members (excludes halogenated alkanes) is 23. The lowest BCUT2D eigenvalue weighted by atomic mass is 10.0. The first kappa shape index (κ1) is 58.3. The third-order valence-electron chi connectivity index (χ3n) is 11.2. The van der Waals surface area contributed by atoms with E-state index < -0.39 is 18.1 Å². The zero-order valence-electron chi connectivity index (χ0n) is 40.3. The van der Waals surface area contributed by atoms with E-state index in [-0.39, 0.29) is 42.7 Å². The van der Waals surface area contributed by atoms with E-state index in [0.29, 0.717) is 12.8 Å². The van der Waals surface area contributed by atoms with Gasteiger partial charge in [-0.3, -0.25) is 9.59 Å². The minimum atomic E-state index is -1.12. The van der Waals surface area contributed by atoms with Crippen molar-refractivity contribution in [2.45, 2.75) is 231 Å². The zero-order valence-corrected chi connectivity index (χ0v) is 40.3. The lowest BCUT2D eigenvalue weighted by Gasteiger charge is -2.34. The van der Waals surface area contributed by atoms with Crippen molar-refractivity contribution < 1.29 is 38.2 Å². The summed E-state index contributed by atoms with van der Waals surface area (Å²) in [7, 11) is 5.42. The molecule has 0 aromatic heterocycles. The first-order valence-corrected chi connectivity index (χ1v) is 25.2. The van der Waals surface area contributed by atoms with Gasteiger partial charge in [0.1, 0.15) is 12.6 Å². The summed E-state index contributed by atoms with van der Waals surface area (Å²) >= 11 is 0. The fourth-order valence-corrected chi connectivity index (χ4v) is 7.36. The first-order valence-electron chi connectivity index (χ1n) is 25.2. The van der Waals surface area contributed by atoms with Crippen LogP contribution in [0.5, 0.6) is 0 Å². The molecule has 2 atom stereocenters. The molecule has 2 unspecified atom stereocenters. The molecule has 0 radical (unpaired) electrons. The van der Waals surface area contributed by atoms with Gasteiger partial charge in [0.25, 0.3) is 0 Å². The van der Waals surface area contributed by atoms with Crippen LogP contribution in [0.4, 0.5) is 0 Å². The summed E-state index contributed by atoms with van der Waals surface area (Å²) in [6, 6.07) is -0.726. The summed E-state index contributed by atoms with van der Waals surface area (Å²) in [6.45, 7) is 4.57. The van der Waals surface area contributed by atoms with E-state index in [9.17, 15) is 19.5 Å². The molecule has 0 spiro atoms. The molecule has 0 bridgehead atoms. The quantitative estimate of drug-likeness (QED) is 0.0260. The van der Waals surface area contributed by atoms with Crippen LogP contribution >= 0.6 is 0 Å². The number of carbonyl (C=O) groups excluding carboxylic acids is 3. The van der Waals surface area contributed by atoms with E-state index in [4.69, 9.17) is 14.2 Å². The third kappa shape index (κ3) is 42.4. The molecule has 354 valence electrons. The molecular weight excluding hydrogens is 763 g/mol. The molecule has 0 amide bonds. The van der Waals surface area contributed by atoms with Crippen molar-refractivity contribution in [3.63, 3.8) is 0 Å². The van der Waals surface area contributed by atoms with Crippen molar-refractivity contribution in [1.82, 2.24) is 0 Å². The Morgan fingerprint density at radius 1 is 0.508 bits per heavy atom. The summed E-state index contributed by atoms with van der Waals surface area (Å²) < 4.78 is 17.2. The number of esters is 2. The number of aliphatic carboxylic acids is 1. The highest BCUT2D eigenvalue weighted by Gasteiger charge is 2.25. The van der Waals surface area contributed by atoms with Gasteiger partial charge in [0.15, 0.2) is 6.10 Å². The molecule has 0 heterocycles. The van der Waals surface area contributed by atoms with Crippen LogP contribution in [0.25, 0.3) is 0 Å². The summed E-state index contributed by atoms with van der Waals surface area (Å²) in [6.07, 6.45) is 52.8. The van der Waals surface area contributed by atoms with Gasteiger partial charge in [0.05, 0.1) is 40.3 Å². The monoisotopic (exact) mass is 858 g/mol. The molecule has 0 aromatic rings. The number of carbonyl (C=O) groups is 3. The Morgan fingerprint density at radius 2 is 0.918 bits per heavy atom. The molecule has 0 aliphatic carbocycles. The van der Waals surface area contributed by atoms with Crippen LogP contribution in [0.1, 0.15) is 219 Å². The highest BCUT2D eigenvalue weighted by atomic mass is 16.6. The number of quaternary nitrogens is 1. The van der Waals surface area contributed by atoms with E-state index in [1.165, 1.54) is 122 Å². The average Bonchev–Trinajstić information content (AvgIpc) is 3.22. The molecule has 61 heavy (non-hydrogen) atoms. The standard InChI is InChI=1S/C53H95NO7/c1-6-8-10-12-14-16-18-20-22-23-24-25-26-27-28-29-30-32-34-36-38-40-42-44-52(56)61-49(47-59-46-45-50(53(57)58)54(3,4)5)48-60-51(55)43-41-39-37-35-33-31-21-19-17-15-13-11-9-7-2/h8,10,14,16,20,22,24-25,49-50H,6-7,9,11-13,15,17-19,21,23,26-48H2,1-5H3/b10-8-,16-14-,22-20-,25-24-. The molecule has 0 aromatic carbocycles. The number of carboxylic acid groups (broad SMARTS) is 1. The second kappa shape index (κ2) is 43.9. The Labute approximate surface area is 376 Å². The van der Waals surface area contributed by atoms with Crippen LogP contribution in [-0.4, -0.2) is 75.5 Å². The third-order valence-corrected chi connectivity index (χ3v) is 11.2. The molecular formula is C53H95NO7. The van der Waals surface area contributed by atoms with Gasteiger partial charge in [-0.15, -0.1) is 0 Å². The summed E-state index contributed by atoms with van der Waals surface area (Å²) in [4.78, 5) is 37.0. The smallest absolute Gasteiger partial charge is 0.306 e. The van der Waals surface area contributed by atoms with Gasteiger partial charge < -0.3 is 28.6 Å². The van der Waals surface area contributed by atoms with E-state index in [1.54, 1.807) is 21.1 Å². The highest BCUT2D eigenvalue weighted by molar-refractivity contribution is 5.70. The van der Waals surface area contributed by atoms with Crippen LogP contribution in [0.2, 0.25) is 0 Å². The number of ether oxygens (including phenoxy) is 3. The molecule has 0 fully saturated rings.